The Bertz CT molecular complexity index is 2530. The Morgan fingerprint density at radius 3 is 1.85 bits per heavy atom. The van der Waals surface area contributed by atoms with E-state index >= 15 is 0 Å². The third kappa shape index (κ3) is 4.17. The molecule has 1 aliphatic heterocycles. The van der Waals surface area contributed by atoms with E-state index in [1.165, 1.54) is 52.6 Å². The van der Waals surface area contributed by atoms with Gasteiger partial charge in [0.1, 0.15) is 5.82 Å². The molecule has 1 aliphatic carbocycles. The van der Waals surface area contributed by atoms with Gasteiger partial charge in [0.05, 0.1) is 16.7 Å². The molecular weight excluding hydrogens is 623 g/mol. The first-order valence-electron chi connectivity index (χ1n) is 16.2. The first-order valence-corrected chi connectivity index (χ1v) is 17.9. The van der Waals surface area contributed by atoms with Gasteiger partial charge in [0.2, 0.25) is 0 Å². The summed E-state index contributed by atoms with van der Waals surface area (Å²) in [5.41, 5.74) is 10.5. The van der Waals surface area contributed by atoms with Crippen molar-refractivity contribution in [3.63, 3.8) is 0 Å². The van der Waals surface area contributed by atoms with Crippen LogP contribution in [0.5, 0.6) is 0 Å². The lowest BCUT2D eigenvalue weighted by Crippen LogP contribution is -2.15. The average Bonchev–Trinajstić information content (AvgIpc) is 3.56. The number of nitrogens with zero attached hydrogens (tertiary/aromatic N) is 3. The average molecular weight is 652 g/mol. The molecule has 6 aromatic carbocycles. The third-order valence-electron chi connectivity index (χ3n) is 9.87. The lowest BCUT2D eigenvalue weighted by molar-refractivity contribution is 0.661. The molecule has 0 saturated heterocycles. The van der Waals surface area contributed by atoms with Crippen molar-refractivity contribution in [3.05, 3.63) is 151 Å². The molecule has 0 spiro atoms. The fourth-order valence-electron chi connectivity index (χ4n) is 7.50. The van der Waals surface area contributed by atoms with Crippen molar-refractivity contribution in [3.8, 4) is 39.6 Å². The van der Waals surface area contributed by atoms with Crippen molar-refractivity contribution in [2.75, 3.05) is 0 Å². The van der Waals surface area contributed by atoms with Crippen LogP contribution in [-0.4, -0.2) is 14.5 Å². The number of hydrogen-bond acceptors (Lipinski definition) is 4. The lowest BCUT2D eigenvalue weighted by atomic mass is 9.82. The maximum atomic E-state index is 5.33. The van der Waals surface area contributed by atoms with Crippen LogP contribution in [-0.2, 0) is 5.41 Å². The molecular formula is C43H29N3S2. The molecule has 0 bridgehead atoms. The predicted molar refractivity (Wildman–Crippen MR) is 199 cm³/mol. The smallest absolute Gasteiger partial charge is 0.162 e. The number of fused-ring (bicyclic) bond motifs is 8. The summed E-state index contributed by atoms with van der Waals surface area (Å²) in [6, 6.07) is 50.2. The van der Waals surface area contributed by atoms with Crippen molar-refractivity contribution in [1.29, 1.82) is 0 Å². The van der Waals surface area contributed by atoms with Gasteiger partial charge in [-0.3, -0.25) is 4.57 Å². The quantitative estimate of drug-likeness (QED) is 0.190. The Morgan fingerprint density at radius 1 is 0.500 bits per heavy atom. The molecule has 0 unspecified atom stereocenters. The molecule has 0 amide bonds. The highest BCUT2D eigenvalue weighted by Gasteiger charge is 2.36. The zero-order valence-electron chi connectivity index (χ0n) is 26.4. The summed E-state index contributed by atoms with van der Waals surface area (Å²) in [5, 5.41) is 2.48. The van der Waals surface area contributed by atoms with Crippen LogP contribution >= 0.6 is 23.5 Å². The molecule has 0 N–H and O–H groups in total. The highest BCUT2D eigenvalue weighted by atomic mass is 32.2. The van der Waals surface area contributed by atoms with E-state index in [2.05, 4.69) is 146 Å². The van der Waals surface area contributed by atoms with Crippen molar-refractivity contribution in [2.45, 2.75) is 38.8 Å². The van der Waals surface area contributed by atoms with Crippen molar-refractivity contribution in [1.82, 2.24) is 14.5 Å². The zero-order valence-corrected chi connectivity index (χ0v) is 28.1. The highest BCUT2D eigenvalue weighted by molar-refractivity contribution is 8.05. The van der Waals surface area contributed by atoms with E-state index in [-0.39, 0.29) is 5.41 Å². The monoisotopic (exact) mass is 651 g/mol. The van der Waals surface area contributed by atoms with Crippen molar-refractivity contribution >= 4 is 45.3 Å². The molecule has 5 heteroatoms. The Labute approximate surface area is 287 Å². The summed E-state index contributed by atoms with van der Waals surface area (Å²) in [6.07, 6.45) is 0. The van der Waals surface area contributed by atoms with Crippen molar-refractivity contribution in [2.24, 2.45) is 0 Å². The van der Waals surface area contributed by atoms with Crippen LogP contribution in [0.15, 0.2) is 159 Å². The Hall–Kier alpha value is -5.10. The summed E-state index contributed by atoms with van der Waals surface area (Å²) in [6.45, 7) is 4.71. The Kier molecular flexibility index (Phi) is 6.09. The topological polar surface area (TPSA) is 30.7 Å². The van der Waals surface area contributed by atoms with E-state index in [1.807, 2.05) is 35.7 Å². The van der Waals surface area contributed by atoms with Gasteiger partial charge in [-0.2, -0.15) is 0 Å². The fourth-order valence-corrected chi connectivity index (χ4v) is 9.77. The van der Waals surface area contributed by atoms with Crippen LogP contribution in [0.4, 0.5) is 0 Å². The molecule has 228 valence electrons. The van der Waals surface area contributed by atoms with Gasteiger partial charge < -0.3 is 0 Å². The standard InChI is InChI=1S/C43H29N3S2/c1-43(2)32-18-10-9-17-28(32)29-21-30-31-22-39-40(48-38-20-12-11-19-37(38)47-39)25-36(31)46(35(30)23-33(29)43)41-24-34(26-13-5-3-6-14-26)44-42(45-41)27-15-7-4-8-16-27/h3-25H,1-2H3. The summed E-state index contributed by atoms with van der Waals surface area (Å²) < 4.78 is 2.39. The van der Waals surface area contributed by atoms with E-state index in [4.69, 9.17) is 9.97 Å². The Balaban J connectivity index is 1.30. The molecule has 3 heterocycles. The normalized spacial score (nSPS) is 14.0. The first-order chi connectivity index (χ1) is 23.5. The van der Waals surface area contributed by atoms with Crippen molar-refractivity contribution < 1.29 is 0 Å². The van der Waals surface area contributed by atoms with Crippen LogP contribution in [0.2, 0.25) is 0 Å². The molecule has 0 radical (unpaired) electrons. The largest absolute Gasteiger partial charge is 0.294 e. The maximum Gasteiger partial charge on any atom is 0.162 e. The van der Waals surface area contributed by atoms with Gasteiger partial charge in [0.25, 0.3) is 0 Å². The molecule has 48 heavy (non-hydrogen) atoms. The first kappa shape index (κ1) is 28.0. The number of benzene rings is 6. The summed E-state index contributed by atoms with van der Waals surface area (Å²) >= 11 is 3.73. The lowest BCUT2D eigenvalue weighted by Gasteiger charge is -2.21. The van der Waals surface area contributed by atoms with Gasteiger partial charge in [-0.15, -0.1) is 0 Å². The second-order valence-corrected chi connectivity index (χ2v) is 15.2. The molecule has 2 aliphatic rings. The van der Waals surface area contributed by atoms with Gasteiger partial charge in [0.15, 0.2) is 5.82 Å². The summed E-state index contributed by atoms with van der Waals surface area (Å²) in [4.78, 5) is 15.6. The van der Waals surface area contributed by atoms with Gasteiger partial charge in [-0.25, -0.2) is 9.97 Å². The van der Waals surface area contributed by atoms with E-state index < -0.39 is 0 Å². The van der Waals surface area contributed by atoms with Gasteiger partial charge >= 0.3 is 0 Å². The van der Waals surface area contributed by atoms with Crippen LogP contribution in [0.25, 0.3) is 61.4 Å². The Morgan fingerprint density at radius 2 is 1.10 bits per heavy atom. The maximum absolute atomic E-state index is 5.33. The summed E-state index contributed by atoms with van der Waals surface area (Å²) in [7, 11) is 0. The second kappa shape index (κ2) is 10.4. The second-order valence-electron chi connectivity index (χ2n) is 13.1. The number of aromatic nitrogens is 3. The van der Waals surface area contributed by atoms with Crippen LogP contribution in [0.3, 0.4) is 0 Å². The fraction of sp³-hybridized carbons (Fsp3) is 0.0698. The van der Waals surface area contributed by atoms with Crippen LogP contribution in [0, 0.1) is 0 Å². The molecule has 0 fully saturated rings. The molecule has 3 nitrogen and oxygen atoms in total. The molecule has 2 aromatic heterocycles. The molecule has 8 aromatic rings. The van der Waals surface area contributed by atoms with E-state index in [0.29, 0.717) is 5.82 Å². The molecule has 0 saturated carbocycles. The van der Waals surface area contributed by atoms with Gasteiger partial charge in [-0.1, -0.05) is 134 Å². The zero-order chi connectivity index (χ0) is 32.0. The molecule has 10 rings (SSSR count). The van der Waals surface area contributed by atoms with Crippen LogP contribution < -0.4 is 0 Å². The third-order valence-corrected chi connectivity index (χ3v) is 12.4. The summed E-state index contributed by atoms with van der Waals surface area (Å²) in [5.74, 6) is 1.58. The van der Waals surface area contributed by atoms with E-state index in [1.54, 1.807) is 0 Å². The van der Waals surface area contributed by atoms with Gasteiger partial charge in [-0.05, 0) is 58.7 Å². The highest BCUT2D eigenvalue weighted by Crippen LogP contribution is 2.53. The minimum Gasteiger partial charge on any atom is -0.294 e. The number of rotatable bonds is 3. The molecule has 0 atom stereocenters. The van der Waals surface area contributed by atoms with Crippen LogP contribution in [0.1, 0.15) is 25.0 Å². The van der Waals surface area contributed by atoms with E-state index in [0.717, 1.165) is 33.7 Å². The number of hydrogen-bond donors (Lipinski definition) is 0. The minimum atomic E-state index is -0.121. The van der Waals surface area contributed by atoms with Gasteiger partial charge in [0, 0.05) is 53.0 Å². The minimum absolute atomic E-state index is 0.121. The predicted octanol–water partition coefficient (Wildman–Crippen LogP) is 11.8. The SMILES string of the molecule is CC1(C)c2ccccc2-c2cc3c4cc5c(cc4n(-c4cc(-c6ccccc6)nc(-c6ccccc6)n4)c3cc21)Sc1ccccc1S5. The van der Waals surface area contributed by atoms with E-state index in [9.17, 15) is 0 Å².